The number of hydrogen-bond acceptors (Lipinski definition) is 4. The molecular weight excluding hydrogens is 238 g/mol. The molecule has 0 aliphatic rings. The number of aromatic nitrogens is 1. The second kappa shape index (κ2) is 4.55. The van der Waals surface area contributed by atoms with Gasteiger partial charge in [0.2, 0.25) is 15.7 Å². The number of sulfone groups is 1. The molecule has 0 spiro atoms. The molecule has 0 fully saturated rings. The minimum Gasteiger partial charge on any atom is -0.443 e. The molecule has 1 aromatic heterocycles. The van der Waals surface area contributed by atoms with Gasteiger partial charge in [-0.15, -0.1) is 6.58 Å². The van der Waals surface area contributed by atoms with Crippen LogP contribution in [0.5, 0.6) is 0 Å². The van der Waals surface area contributed by atoms with E-state index in [-0.39, 0.29) is 10.8 Å². The molecule has 0 aliphatic carbocycles. The Kier molecular flexibility index (Phi) is 3.10. The Labute approximate surface area is 99.5 Å². The maximum atomic E-state index is 11.7. The van der Waals surface area contributed by atoms with Crippen molar-refractivity contribution in [3.63, 3.8) is 0 Å². The van der Waals surface area contributed by atoms with E-state index >= 15 is 0 Å². The van der Waals surface area contributed by atoms with Crippen LogP contribution in [0.4, 0.5) is 0 Å². The van der Waals surface area contributed by atoms with E-state index in [1.54, 1.807) is 12.1 Å². The van der Waals surface area contributed by atoms with Crippen LogP contribution in [0, 0.1) is 0 Å². The van der Waals surface area contributed by atoms with Crippen LogP contribution in [0.3, 0.4) is 0 Å². The van der Waals surface area contributed by atoms with E-state index in [1.165, 1.54) is 6.08 Å². The van der Waals surface area contributed by atoms with Crippen molar-refractivity contribution in [3.05, 3.63) is 49.2 Å². The Morgan fingerprint density at radius 3 is 2.65 bits per heavy atom. The Bertz CT molecular complexity index is 614. The summed E-state index contributed by atoms with van der Waals surface area (Å²) in [6, 6.07) is 9.13. The standard InChI is InChI=1S/C12H11NO3S/c1-2-8-17(14,15)11-9-16-12(13-11)10-6-4-3-5-7-10/h2-7,9H,1,8H2. The van der Waals surface area contributed by atoms with E-state index in [9.17, 15) is 8.42 Å². The lowest BCUT2D eigenvalue weighted by Crippen LogP contribution is -2.04. The summed E-state index contributed by atoms with van der Waals surface area (Å²) in [5.41, 5.74) is 0.743. The van der Waals surface area contributed by atoms with Crippen LogP contribution in [0.2, 0.25) is 0 Å². The van der Waals surface area contributed by atoms with Crippen LogP contribution in [0.1, 0.15) is 0 Å². The van der Waals surface area contributed by atoms with Crippen molar-refractivity contribution in [2.75, 3.05) is 5.75 Å². The lowest BCUT2D eigenvalue weighted by Gasteiger charge is -1.94. The highest BCUT2D eigenvalue weighted by Crippen LogP contribution is 2.20. The Balaban J connectivity index is 2.38. The van der Waals surface area contributed by atoms with E-state index < -0.39 is 9.84 Å². The Morgan fingerprint density at radius 2 is 2.00 bits per heavy atom. The minimum absolute atomic E-state index is 0.0590. The van der Waals surface area contributed by atoms with Gasteiger partial charge in [-0.1, -0.05) is 24.3 Å². The molecule has 0 amide bonds. The van der Waals surface area contributed by atoms with Crippen molar-refractivity contribution in [2.24, 2.45) is 0 Å². The fourth-order valence-electron chi connectivity index (χ4n) is 1.36. The first-order chi connectivity index (χ1) is 8.13. The molecule has 1 aromatic carbocycles. The highest BCUT2D eigenvalue weighted by atomic mass is 32.2. The van der Waals surface area contributed by atoms with Gasteiger partial charge in [0.1, 0.15) is 6.26 Å². The fraction of sp³-hybridized carbons (Fsp3) is 0.0833. The number of rotatable bonds is 4. The van der Waals surface area contributed by atoms with Crippen LogP contribution in [0.25, 0.3) is 11.5 Å². The van der Waals surface area contributed by atoms with Gasteiger partial charge >= 0.3 is 0 Å². The topological polar surface area (TPSA) is 60.2 Å². The van der Waals surface area contributed by atoms with Crippen molar-refractivity contribution >= 4 is 9.84 Å². The van der Waals surface area contributed by atoms with Gasteiger partial charge in [-0.2, -0.15) is 4.98 Å². The average molecular weight is 249 g/mol. The third kappa shape index (κ3) is 2.45. The van der Waals surface area contributed by atoms with Crippen molar-refractivity contribution in [2.45, 2.75) is 5.03 Å². The van der Waals surface area contributed by atoms with Crippen LogP contribution < -0.4 is 0 Å². The molecule has 0 N–H and O–H groups in total. The van der Waals surface area contributed by atoms with Gasteiger partial charge in [-0.05, 0) is 12.1 Å². The van der Waals surface area contributed by atoms with Crippen molar-refractivity contribution < 1.29 is 12.8 Å². The number of oxazole rings is 1. The molecule has 1 heterocycles. The highest BCUT2D eigenvalue weighted by Gasteiger charge is 2.18. The predicted molar refractivity (Wildman–Crippen MR) is 64.2 cm³/mol. The normalized spacial score (nSPS) is 11.3. The van der Waals surface area contributed by atoms with Crippen molar-refractivity contribution in [1.82, 2.24) is 4.98 Å². The first kappa shape index (κ1) is 11.6. The summed E-state index contributed by atoms with van der Waals surface area (Å²) in [7, 11) is -3.42. The molecule has 0 bridgehead atoms. The first-order valence-corrected chi connectivity index (χ1v) is 6.63. The second-order valence-corrected chi connectivity index (χ2v) is 5.41. The smallest absolute Gasteiger partial charge is 0.227 e. The summed E-state index contributed by atoms with van der Waals surface area (Å²) < 4.78 is 28.5. The lowest BCUT2D eigenvalue weighted by molar-refractivity contribution is 0.566. The second-order valence-electron chi connectivity index (χ2n) is 3.43. The average Bonchev–Trinajstić information content (AvgIpc) is 2.80. The van der Waals surface area contributed by atoms with E-state index in [2.05, 4.69) is 11.6 Å². The summed E-state index contributed by atoms with van der Waals surface area (Å²) in [5.74, 6) is 0.154. The van der Waals surface area contributed by atoms with Gasteiger partial charge in [0.15, 0.2) is 5.03 Å². The van der Waals surface area contributed by atoms with Gasteiger partial charge in [0, 0.05) is 5.56 Å². The molecule has 2 rings (SSSR count). The Hall–Kier alpha value is -1.88. The van der Waals surface area contributed by atoms with Crippen molar-refractivity contribution in [1.29, 1.82) is 0 Å². The molecule has 0 unspecified atom stereocenters. The van der Waals surface area contributed by atoms with E-state index in [4.69, 9.17) is 4.42 Å². The summed E-state index contributed by atoms with van der Waals surface area (Å²) in [6.45, 7) is 3.40. The molecule has 17 heavy (non-hydrogen) atoms. The third-order valence-electron chi connectivity index (χ3n) is 2.16. The molecule has 5 heteroatoms. The fourth-order valence-corrected chi connectivity index (χ4v) is 2.25. The first-order valence-electron chi connectivity index (χ1n) is 4.98. The van der Waals surface area contributed by atoms with Crippen LogP contribution in [-0.4, -0.2) is 19.2 Å². The molecule has 0 atom stereocenters. The monoisotopic (exact) mass is 249 g/mol. The van der Waals surface area contributed by atoms with Gasteiger partial charge in [-0.25, -0.2) is 8.42 Å². The third-order valence-corrected chi connectivity index (χ3v) is 3.66. The summed E-state index contributed by atoms with van der Waals surface area (Å²) in [4.78, 5) is 3.97. The molecule has 4 nitrogen and oxygen atoms in total. The van der Waals surface area contributed by atoms with E-state index in [1.807, 2.05) is 18.2 Å². The largest absolute Gasteiger partial charge is 0.443 e. The Morgan fingerprint density at radius 1 is 1.29 bits per heavy atom. The molecule has 0 aliphatic heterocycles. The van der Waals surface area contributed by atoms with Crippen LogP contribution >= 0.6 is 0 Å². The quantitative estimate of drug-likeness (QED) is 0.780. The summed E-state index contributed by atoms with van der Waals surface area (Å²) in [5, 5.41) is -0.0590. The molecular formula is C12H11NO3S. The summed E-state index contributed by atoms with van der Waals surface area (Å²) >= 11 is 0. The van der Waals surface area contributed by atoms with Gasteiger partial charge in [0.05, 0.1) is 5.75 Å². The zero-order chi connectivity index (χ0) is 12.3. The molecule has 88 valence electrons. The summed E-state index contributed by atoms with van der Waals surface area (Å²) in [6.07, 6.45) is 2.48. The number of benzene rings is 1. The van der Waals surface area contributed by atoms with E-state index in [0.717, 1.165) is 11.8 Å². The highest BCUT2D eigenvalue weighted by molar-refractivity contribution is 7.91. The maximum Gasteiger partial charge on any atom is 0.227 e. The molecule has 0 saturated carbocycles. The SMILES string of the molecule is C=CCS(=O)(=O)c1coc(-c2ccccc2)n1. The molecule has 2 aromatic rings. The van der Waals surface area contributed by atoms with Crippen LogP contribution in [0.15, 0.2) is 58.7 Å². The minimum atomic E-state index is -3.42. The zero-order valence-corrected chi connectivity index (χ0v) is 9.85. The van der Waals surface area contributed by atoms with E-state index in [0.29, 0.717) is 5.89 Å². The molecule has 0 saturated heterocycles. The van der Waals surface area contributed by atoms with Crippen molar-refractivity contribution in [3.8, 4) is 11.5 Å². The lowest BCUT2D eigenvalue weighted by atomic mass is 10.2. The molecule has 0 radical (unpaired) electrons. The van der Waals surface area contributed by atoms with Gasteiger partial charge in [-0.3, -0.25) is 0 Å². The number of nitrogens with zero attached hydrogens (tertiary/aromatic N) is 1. The van der Waals surface area contributed by atoms with Crippen LogP contribution in [-0.2, 0) is 9.84 Å². The van der Waals surface area contributed by atoms with Gasteiger partial charge < -0.3 is 4.42 Å². The maximum absolute atomic E-state index is 11.7. The van der Waals surface area contributed by atoms with Gasteiger partial charge in [0.25, 0.3) is 0 Å². The zero-order valence-electron chi connectivity index (χ0n) is 9.04. The predicted octanol–water partition coefficient (Wildman–Crippen LogP) is 2.30. The number of hydrogen-bond donors (Lipinski definition) is 0.